The first-order valence-corrected chi connectivity index (χ1v) is 6.09. The van der Waals surface area contributed by atoms with Gasteiger partial charge in [0.2, 0.25) is 0 Å². The zero-order valence-corrected chi connectivity index (χ0v) is 10.7. The monoisotopic (exact) mass is 250 g/mol. The van der Waals surface area contributed by atoms with Crippen molar-refractivity contribution in [1.29, 1.82) is 0 Å². The summed E-state index contributed by atoms with van der Waals surface area (Å²) in [4.78, 5) is 11.0. The zero-order chi connectivity index (χ0) is 13.2. The van der Waals surface area contributed by atoms with E-state index >= 15 is 0 Å². The van der Waals surface area contributed by atoms with Crippen LogP contribution in [-0.4, -0.2) is 31.2 Å². The molecule has 0 aliphatic carbocycles. The van der Waals surface area contributed by atoms with E-state index in [1.807, 2.05) is 19.9 Å². The molecule has 4 heteroatoms. The lowest BCUT2D eigenvalue weighted by Gasteiger charge is -2.26. The van der Waals surface area contributed by atoms with Crippen LogP contribution < -0.4 is 9.47 Å². The van der Waals surface area contributed by atoms with E-state index in [0.29, 0.717) is 30.3 Å². The van der Waals surface area contributed by atoms with Crippen LogP contribution in [0.15, 0.2) is 12.1 Å². The number of benzene rings is 1. The van der Waals surface area contributed by atoms with Crippen LogP contribution in [-0.2, 0) is 5.41 Å². The summed E-state index contributed by atoms with van der Waals surface area (Å²) in [6.45, 7) is 4.96. The molecule has 98 valence electrons. The summed E-state index contributed by atoms with van der Waals surface area (Å²) in [6, 6.07) is 3.54. The van der Waals surface area contributed by atoms with Gasteiger partial charge in [-0.2, -0.15) is 0 Å². The van der Waals surface area contributed by atoms with Crippen molar-refractivity contribution < 1.29 is 19.4 Å². The van der Waals surface area contributed by atoms with Crippen LogP contribution >= 0.6 is 0 Å². The van der Waals surface area contributed by atoms with Gasteiger partial charge < -0.3 is 14.6 Å². The Morgan fingerprint density at radius 2 is 1.94 bits per heavy atom. The molecule has 0 amide bonds. The number of hydrogen-bond donors (Lipinski definition) is 1. The van der Waals surface area contributed by atoms with Crippen molar-refractivity contribution in [3.8, 4) is 11.5 Å². The first-order valence-electron chi connectivity index (χ1n) is 6.09. The van der Waals surface area contributed by atoms with Gasteiger partial charge in [-0.25, -0.2) is 0 Å². The standard InChI is InChI=1S/C14H18O4/c1-14(2,9-16)11-5-4-10(8-15)12-13(11)18-7-3-6-17-12/h4-5,8,16H,3,6-7,9H2,1-2H3. The average Bonchev–Trinajstić information content (AvgIpc) is 2.62. The number of ether oxygens (including phenoxy) is 2. The van der Waals surface area contributed by atoms with Gasteiger partial charge in [0.15, 0.2) is 17.8 Å². The highest BCUT2D eigenvalue weighted by atomic mass is 16.5. The van der Waals surface area contributed by atoms with Crippen molar-refractivity contribution in [3.05, 3.63) is 23.3 Å². The second kappa shape index (κ2) is 4.98. The van der Waals surface area contributed by atoms with E-state index in [-0.39, 0.29) is 6.61 Å². The number of carbonyl (C=O) groups is 1. The van der Waals surface area contributed by atoms with Crippen LogP contribution in [0.3, 0.4) is 0 Å². The summed E-state index contributed by atoms with van der Waals surface area (Å²) in [5.41, 5.74) is 0.927. The lowest BCUT2D eigenvalue weighted by atomic mass is 9.84. The molecule has 0 saturated heterocycles. The Balaban J connectivity index is 2.59. The molecule has 0 aromatic heterocycles. The molecule has 1 N–H and O–H groups in total. The molecule has 0 radical (unpaired) electrons. The van der Waals surface area contributed by atoms with Crippen LogP contribution in [0.25, 0.3) is 0 Å². The third-order valence-electron chi connectivity index (χ3n) is 3.18. The van der Waals surface area contributed by atoms with E-state index in [1.165, 1.54) is 0 Å². The van der Waals surface area contributed by atoms with E-state index in [1.54, 1.807) is 6.07 Å². The van der Waals surface area contributed by atoms with Gasteiger partial charge in [0, 0.05) is 17.4 Å². The Bertz CT molecular complexity index is 451. The second-order valence-corrected chi connectivity index (χ2v) is 5.07. The Morgan fingerprint density at radius 1 is 1.28 bits per heavy atom. The molecule has 0 spiro atoms. The Morgan fingerprint density at radius 3 is 2.56 bits per heavy atom. The first-order chi connectivity index (χ1) is 8.60. The number of carbonyl (C=O) groups excluding carboxylic acids is 1. The smallest absolute Gasteiger partial charge is 0.171 e. The molecule has 4 nitrogen and oxygen atoms in total. The lowest BCUT2D eigenvalue weighted by Crippen LogP contribution is -2.23. The third kappa shape index (κ3) is 2.20. The molecule has 2 rings (SSSR count). The molecule has 18 heavy (non-hydrogen) atoms. The molecule has 0 fully saturated rings. The van der Waals surface area contributed by atoms with E-state index in [9.17, 15) is 9.90 Å². The minimum absolute atomic E-state index is 0.00321. The van der Waals surface area contributed by atoms with Gasteiger partial charge >= 0.3 is 0 Å². The zero-order valence-electron chi connectivity index (χ0n) is 10.7. The largest absolute Gasteiger partial charge is 0.489 e. The van der Waals surface area contributed by atoms with Crippen molar-refractivity contribution in [2.24, 2.45) is 0 Å². The predicted octanol–water partition coefficient (Wildman–Crippen LogP) is 1.93. The Kier molecular flexibility index (Phi) is 3.57. The van der Waals surface area contributed by atoms with E-state index in [4.69, 9.17) is 9.47 Å². The highest BCUT2D eigenvalue weighted by molar-refractivity contribution is 5.82. The highest BCUT2D eigenvalue weighted by Gasteiger charge is 2.28. The van der Waals surface area contributed by atoms with E-state index in [2.05, 4.69) is 0 Å². The Hall–Kier alpha value is -1.55. The number of fused-ring (bicyclic) bond motifs is 1. The fraction of sp³-hybridized carbons (Fsp3) is 0.500. The predicted molar refractivity (Wildman–Crippen MR) is 67.5 cm³/mol. The summed E-state index contributed by atoms with van der Waals surface area (Å²) in [7, 11) is 0. The van der Waals surface area contributed by atoms with Gasteiger partial charge in [-0.3, -0.25) is 4.79 Å². The molecule has 0 saturated carbocycles. The summed E-state index contributed by atoms with van der Waals surface area (Å²) in [5, 5.41) is 9.48. The quantitative estimate of drug-likeness (QED) is 0.833. The van der Waals surface area contributed by atoms with Gasteiger partial charge in [-0.1, -0.05) is 19.9 Å². The van der Waals surface area contributed by atoms with E-state index < -0.39 is 5.41 Å². The van der Waals surface area contributed by atoms with E-state index in [0.717, 1.165) is 18.3 Å². The van der Waals surface area contributed by atoms with Crippen LogP contribution in [0, 0.1) is 0 Å². The normalized spacial score (nSPS) is 15.1. The minimum atomic E-state index is -0.431. The van der Waals surface area contributed by atoms with Crippen LogP contribution in [0.1, 0.15) is 36.2 Å². The van der Waals surface area contributed by atoms with Crippen molar-refractivity contribution in [3.63, 3.8) is 0 Å². The van der Waals surface area contributed by atoms with Gasteiger partial charge in [-0.15, -0.1) is 0 Å². The third-order valence-corrected chi connectivity index (χ3v) is 3.18. The first kappa shape index (κ1) is 12.9. The van der Waals surface area contributed by atoms with Crippen LogP contribution in [0.4, 0.5) is 0 Å². The SMILES string of the molecule is CC(C)(CO)c1ccc(C=O)c2c1OCCCO2. The molecule has 1 aromatic carbocycles. The summed E-state index contributed by atoms with van der Waals surface area (Å²) in [5.74, 6) is 1.10. The molecule has 1 heterocycles. The van der Waals surface area contributed by atoms with Crippen molar-refractivity contribution in [2.45, 2.75) is 25.7 Å². The molecule has 1 aromatic rings. The number of aldehydes is 1. The molecule has 1 aliphatic heterocycles. The molecular formula is C14H18O4. The minimum Gasteiger partial charge on any atom is -0.489 e. The van der Waals surface area contributed by atoms with Crippen molar-refractivity contribution in [2.75, 3.05) is 19.8 Å². The number of aliphatic hydroxyl groups excluding tert-OH is 1. The second-order valence-electron chi connectivity index (χ2n) is 5.07. The fourth-order valence-electron chi connectivity index (χ4n) is 1.99. The average molecular weight is 250 g/mol. The summed E-state index contributed by atoms with van der Waals surface area (Å²) < 4.78 is 11.3. The fourth-order valence-corrected chi connectivity index (χ4v) is 1.99. The lowest BCUT2D eigenvalue weighted by molar-refractivity contribution is 0.111. The topological polar surface area (TPSA) is 55.8 Å². The van der Waals surface area contributed by atoms with Gasteiger partial charge in [-0.05, 0) is 6.07 Å². The van der Waals surface area contributed by atoms with Gasteiger partial charge in [0.25, 0.3) is 0 Å². The van der Waals surface area contributed by atoms with Gasteiger partial charge in [0.1, 0.15) is 0 Å². The summed E-state index contributed by atoms with van der Waals surface area (Å²) >= 11 is 0. The maximum absolute atomic E-state index is 11.0. The molecule has 0 bridgehead atoms. The maximum Gasteiger partial charge on any atom is 0.171 e. The maximum atomic E-state index is 11.0. The van der Waals surface area contributed by atoms with Crippen molar-refractivity contribution in [1.82, 2.24) is 0 Å². The Labute approximate surface area is 107 Å². The number of rotatable bonds is 3. The number of aliphatic hydroxyl groups is 1. The summed E-state index contributed by atoms with van der Waals surface area (Å²) in [6.07, 6.45) is 1.55. The van der Waals surface area contributed by atoms with Crippen LogP contribution in [0.5, 0.6) is 11.5 Å². The molecule has 1 aliphatic rings. The molecule has 0 unspecified atom stereocenters. The van der Waals surface area contributed by atoms with Crippen LogP contribution in [0.2, 0.25) is 0 Å². The number of hydrogen-bond acceptors (Lipinski definition) is 4. The van der Waals surface area contributed by atoms with Crippen molar-refractivity contribution >= 4 is 6.29 Å². The molecule has 0 atom stereocenters. The van der Waals surface area contributed by atoms with Gasteiger partial charge in [0.05, 0.1) is 25.4 Å². The molecular weight excluding hydrogens is 232 g/mol. The highest BCUT2D eigenvalue weighted by Crippen LogP contribution is 2.41.